The Morgan fingerprint density at radius 2 is 1.75 bits per heavy atom. The van der Waals surface area contributed by atoms with Crippen molar-refractivity contribution in [1.29, 1.82) is 0 Å². The predicted molar refractivity (Wildman–Crippen MR) is 98.2 cm³/mol. The van der Waals surface area contributed by atoms with Crippen LogP contribution < -0.4 is 10.6 Å². The minimum Gasteiger partial charge on any atom is -0.348 e. The Morgan fingerprint density at radius 1 is 1.04 bits per heavy atom. The molecule has 1 heterocycles. The fourth-order valence-electron chi connectivity index (χ4n) is 2.72. The van der Waals surface area contributed by atoms with Crippen molar-refractivity contribution in [2.45, 2.75) is 20.0 Å². The van der Waals surface area contributed by atoms with Gasteiger partial charge < -0.3 is 15.2 Å². The van der Waals surface area contributed by atoms with Gasteiger partial charge in [0, 0.05) is 41.8 Å². The van der Waals surface area contributed by atoms with Gasteiger partial charge in [-0.2, -0.15) is 0 Å². The van der Waals surface area contributed by atoms with E-state index in [4.69, 9.17) is 11.6 Å². The van der Waals surface area contributed by atoms with Crippen LogP contribution in [0.25, 0.3) is 10.9 Å². The van der Waals surface area contributed by atoms with Gasteiger partial charge in [-0.3, -0.25) is 0 Å². The lowest BCUT2D eigenvalue weighted by Crippen LogP contribution is -2.34. The minimum atomic E-state index is -0.195. The van der Waals surface area contributed by atoms with Crippen molar-refractivity contribution >= 4 is 28.5 Å². The predicted octanol–water partition coefficient (Wildman–Crippen LogP) is 4.14. The maximum absolute atomic E-state index is 11.9. The Kier molecular flexibility index (Phi) is 4.76. The summed E-state index contributed by atoms with van der Waals surface area (Å²) in [5.41, 5.74) is 4.46. The number of aromatic nitrogens is 1. The highest BCUT2D eigenvalue weighted by atomic mass is 35.5. The van der Waals surface area contributed by atoms with Crippen molar-refractivity contribution in [3.63, 3.8) is 0 Å². The van der Waals surface area contributed by atoms with Crippen molar-refractivity contribution in [3.8, 4) is 0 Å². The molecular formula is C19H20ClN3O. The van der Waals surface area contributed by atoms with Gasteiger partial charge in [0.1, 0.15) is 0 Å². The molecule has 0 fully saturated rings. The molecule has 4 nitrogen and oxygen atoms in total. The van der Waals surface area contributed by atoms with Crippen molar-refractivity contribution in [2.24, 2.45) is 7.05 Å². The highest BCUT2D eigenvalue weighted by Crippen LogP contribution is 2.19. The van der Waals surface area contributed by atoms with Crippen LogP contribution in [-0.4, -0.2) is 10.6 Å². The molecule has 1 aromatic heterocycles. The molecule has 3 aromatic rings. The third-order valence-corrected chi connectivity index (χ3v) is 4.38. The molecule has 2 N–H and O–H groups in total. The molecule has 3 rings (SSSR count). The molecule has 2 aromatic carbocycles. The zero-order valence-electron chi connectivity index (χ0n) is 13.8. The molecule has 0 unspecified atom stereocenters. The maximum atomic E-state index is 11.9. The van der Waals surface area contributed by atoms with E-state index in [0.29, 0.717) is 18.1 Å². The van der Waals surface area contributed by atoms with Crippen molar-refractivity contribution in [2.75, 3.05) is 0 Å². The summed E-state index contributed by atoms with van der Waals surface area (Å²) < 4.78 is 2.16. The second-order valence-corrected chi connectivity index (χ2v) is 6.34. The topological polar surface area (TPSA) is 46.1 Å². The van der Waals surface area contributed by atoms with Crippen molar-refractivity contribution in [3.05, 3.63) is 70.4 Å². The summed E-state index contributed by atoms with van der Waals surface area (Å²) in [5.74, 6) is 0. The van der Waals surface area contributed by atoms with Gasteiger partial charge in [0.15, 0.2) is 0 Å². The van der Waals surface area contributed by atoms with Crippen LogP contribution in [0.2, 0.25) is 5.02 Å². The number of urea groups is 1. The number of benzene rings is 2. The van der Waals surface area contributed by atoms with Gasteiger partial charge in [-0.1, -0.05) is 29.8 Å². The van der Waals surface area contributed by atoms with E-state index in [1.165, 1.54) is 16.6 Å². The van der Waals surface area contributed by atoms with Crippen LogP contribution in [0.15, 0.2) is 48.5 Å². The molecule has 0 radical (unpaired) electrons. The molecular weight excluding hydrogens is 322 g/mol. The average Bonchev–Trinajstić information content (AvgIpc) is 2.85. The zero-order chi connectivity index (χ0) is 17.1. The molecule has 0 spiro atoms. The summed E-state index contributed by atoms with van der Waals surface area (Å²) in [7, 11) is 2.05. The average molecular weight is 342 g/mol. The van der Waals surface area contributed by atoms with Crippen LogP contribution in [0.5, 0.6) is 0 Å². The number of halogens is 1. The fraction of sp³-hybridized carbons (Fsp3) is 0.211. The summed E-state index contributed by atoms with van der Waals surface area (Å²) >= 11 is 5.93. The summed E-state index contributed by atoms with van der Waals surface area (Å²) in [6, 6.07) is 15.6. The molecule has 0 aliphatic carbocycles. The third kappa shape index (κ3) is 3.71. The minimum absolute atomic E-state index is 0.195. The van der Waals surface area contributed by atoms with Gasteiger partial charge in [-0.15, -0.1) is 0 Å². The Morgan fingerprint density at radius 3 is 2.46 bits per heavy atom. The van der Waals surface area contributed by atoms with Crippen LogP contribution in [0.3, 0.4) is 0 Å². The number of hydrogen-bond donors (Lipinski definition) is 2. The van der Waals surface area contributed by atoms with Gasteiger partial charge in [-0.05, 0) is 48.4 Å². The quantitative estimate of drug-likeness (QED) is 0.736. The Hall–Kier alpha value is -2.46. The number of carbonyl (C=O) groups excluding carboxylic acids is 1. The first-order valence-corrected chi connectivity index (χ1v) is 8.22. The summed E-state index contributed by atoms with van der Waals surface area (Å²) in [4.78, 5) is 11.9. The number of nitrogens with one attached hydrogen (secondary N) is 2. The number of rotatable bonds is 4. The lowest BCUT2D eigenvalue weighted by atomic mass is 10.1. The van der Waals surface area contributed by atoms with Crippen LogP contribution in [0.4, 0.5) is 4.79 Å². The lowest BCUT2D eigenvalue weighted by molar-refractivity contribution is 0.240. The highest BCUT2D eigenvalue weighted by molar-refractivity contribution is 6.30. The molecule has 0 aliphatic heterocycles. The molecule has 0 saturated heterocycles. The Labute approximate surface area is 146 Å². The van der Waals surface area contributed by atoms with E-state index < -0.39 is 0 Å². The Bertz CT molecular complexity index is 885. The summed E-state index contributed by atoms with van der Waals surface area (Å²) in [6.45, 7) is 3.02. The van der Waals surface area contributed by atoms with Gasteiger partial charge >= 0.3 is 6.03 Å². The number of nitrogens with zero attached hydrogens (tertiary/aromatic N) is 1. The molecule has 124 valence electrons. The normalized spacial score (nSPS) is 10.8. The second kappa shape index (κ2) is 6.97. The first kappa shape index (κ1) is 16.4. The highest BCUT2D eigenvalue weighted by Gasteiger charge is 2.05. The molecule has 0 atom stereocenters. The number of carbonyl (C=O) groups is 1. The SMILES string of the molecule is Cc1cc2cc(CNC(=O)NCc3cccc(Cl)c3)ccc2n1C. The van der Waals surface area contributed by atoms with Gasteiger partial charge in [0.2, 0.25) is 0 Å². The number of fused-ring (bicyclic) bond motifs is 1. The van der Waals surface area contributed by atoms with Crippen molar-refractivity contribution < 1.29 is 4.79 Å². The van der Waals surface area contributed by atoms with E-state index in [1.54, 1.807) is 0 Å². The first-order valence-electron chi connectivity index (χ1n) is 7.84. The van der Waals surface area contributed by atoms with E-state index in [0.717, 1.165) is 11.1 Å². The lowest BCUT2D eigenvalue weighted by Gasteiger charge is -2.08. The van der Waals surface area contributed by atoms with Gasteiger partial charge in [-0.25, -0.2) is 4.79 Å². The van der Waals surface area contributed by atoms with E-state index in [2.05, 4.69) is 47.4 Å². The summed E-state index contributed by atoms with van der Waals surface area (Å²) in [5, 5.41) is 7.57. The molecule has 24 heavy (non-hydrogen) atoms. The van der Waals surface area contributed by atoms with E-state index in [-0.39, 0.29) is 6.03 Å². The number of amides is 2. The number of hydrogen-bond acceptors (Lipinski definition) is 1. The smallest absolute Gasteiger partial charge is 0.315 e. The third-order valence-electron chi connectivity index (χ3n) is 4.14. The fourth-order valence-corrected chi connectivity index (χ4v) is 2.93. The molecule has 0 saturated carbocycles. The second-order valence-electron chi connectivity index (χ2n) is 5.90. The maximum Gasteiger partial charge on any atom is 0.315 e. The molecule has 2 amide bonds. The summed E-state index contributed by atoms with van der Waals surface area (Å²) in [6.07, 6.45) is 0. The number of aryl methyl sites for hydroxylation is 2. The largest absolute Gasteiger partial charge is 0.348 e. The van der Waals surface area contributed by atoms with Gasteiger partial charge in [0.25, 0.3) is 0 Å². The first-order chi connectivity index (χ1) is 11.5. The van der Waals surface area contributed by atoms with Crippen LogP contribution in [0, 0.1) is 6.92 Å². The van der Waals surface area contributed by atoms with Crippen LogP contribution >= 0.6 is 11.6 Å². The van der Waals surface area contributed by atoms with Crippen LogP contribution in [0.1, 0.15) is 16.8 Å². The molecule has 0 bridgehead atoms. The van der Waals surface area contributed by atoms with E-state index in [1.807, 2.05) is 30.3 Å². The van der Waals surface area contributed by atoms with Crippen LogP contribution in [-0.2, 0) is 20.1 Å². The van der Waals surface area contributed by atoms with Crippen molar-refractivity contribution in [1.82, 2.24) is 15.2 Å². The van der Waals surface area contributed by atoms with E-state index in [9.17, 15) is 4.79 Å². The standard InChI is InChI=1S/C19H20ClN3O/c1-13-8-16-9-15(6-7-18(16)23(13)2)12-22-19(24)21-11-14-4-3-5-17(20)10-14/h3-10H,11-12H2,1-2H3,(H2,21,22,24). The Balaban J connectivity index is 1.56. The van der Waals surface area contributed by atoms with E-state index >= 15 is 0 Å². The monoisotopic (exact) mass is 341 g/mol. The molecule has 5 heteroatoms. The zero-order valence-corrected chi connectivity index (χ0v) is 14.5. The van der Waals surface area contributed by atoms with Gasteiger partial charge in [0.05, 0.1) is 0 Å². The molecule has 0 aliphatic rings.